The molecule has 1 aromatic carbocycles. The standard InChI is InChI=1S/C25H38N8O7/c26-16(3-1-11-30-25(28)29)21(36)32-18(13-14-5-7-15(34)8-6-14)23(38)33-12-2-4-19(33)22(37)31-17(24(39)40)9-10-20(27)35/h5-8,16-19,34H,1-4,9-13,26H2,(H2,27,35)(H,31,37)(H,32,36)(H,39,40)(H4,28,29,30). The molecule has 220 valence electrons. The second-order valence-electron chi connectivity index (χ2n) is 9.58. The first-order valence-corrected chi connectivity index (χ1v) is 12.9. The van der Waals surface area contributed by atoms with E-state index in [9.17, 15) is 34.2 Å². The van der Waals surface area contributed by atoms with Crippen molar-refractivity contribution in [2.45, 2.75) is 69.1 Å². The molecule has 40 heavy (non-hydrogen) atoms. The molecule has 1 saturated heterocycles. The van der Waals surface area contributed by atoms with Crippen LogP contribution < -0.4 is 33.6 Å². The average molecular weight is 563 g/mol. The van der Waals surface area contributed by atoms with Crippen LogP contribution in [0.3, 0.4) is 0 Å². The van der Waals surface area contributed by atoms with E-state index in [1.165, 1.54) is 17.0 Å². The Balaban J connectivity index is 2.17. The van der Waals surface area contributed by atoms with Crippen LogP contribution in [0.4, 0.5) is 0 Å². The quantitative estimate of drug-likeness (QED) is 0.0639. The van der Waals surface area contributed by atoms with Crippen molar-refractivity contribution in [3.05, 3.63) is 29.8 Å². The summed E-state index contributed by atoms with van der Waals surface area (Å²) in [5.41, 5.74) is 22.3. The average Bonchev–Trinajstić information content (AvgIpc) is 3.39. The fourth-order valence-corrected chi connectivity index (χ4v) is 4.31. The predicted octanol–water partition coefficient (Wildman–Crippen LogP) is -2.37. The van der Waals surface area contributed by atoms with E-state index in [4.69, 9.17) is 22.9 Å². The number of carboxylic acid groups (broad SMARTS) is 1. The summed E-state index contributed by atoms with van der Waals surface area (Å²) >= 11 is 0. The Morgan fingerprint density at radius 1 is 1.02 bits per heavy atom. The van der Waals surface area contributed by atoms with Crippen molar-refractivity contribution in [3.8, 4) is 5.75 Å². The van der Waals surface area contributed by atoms with Gasteiger partial charge in [0.25, 0.3) is 0 Å². The maximum absolute atomic E-state index is 13.7. The minimum absolute atomic E-state index is 0.0269. The number of nitrogens with two attached hydrogens (primary N) is 4. The van der Waals surface area contributed by atoms with Crippen LogP contribution in [0.25, 0.3) is 0 Å². The van der Waals surface area contributed by atoms with Crippen LogP contribution in [0, 0.1) is 0 Å². The highest BCUT2D eigenvalue weighted by atomic mass is 16.4. The number of carboxylic acids is 1. The van der Waals surface area contributed by atoms with Crippen molar-refractivity contribution in [2.24, 2.45) is 27.9 Å². The molecule has 4 amide bonds. The van der Waals surface area contributed by atoms with Crippen LogP contribution >= 0.6 is 0 Å². The molecule has 0 radical (unpaired) electrons. The van der Waals surface area contributed by atoms with Crippen molar-refractivity contribution in [3.63, 3.8) is 0 Å². The molecule has 15 heteroatoms. The van der Waals surface area contributed by atoms with Crippen LogP contribution in [0.15, 0.2) is 29.3 Å². The lowest BCUT2D eigenvalue weighted by atomic mass is 10.0. The van der Waals surface area contributed by atoms with Gasteiger partial charge in [0.05, 0.1) is 6.04 Å². The largest absolute Gasteiger partial charge is 0.508 e. The number of amides is 4. The summed E-state index contributed by atoms with van der Waals surface area (Å²) in [6.45, 7) is 0.489. The number of primary amides is 1. The van der Waals surface area contributed by atoms with Gasteiger partial charge in [0.15, 0.2) is 5.96 Å². The molecule has 1 aliphatic rings. The lowest BCUT2D eigenvalue weighted by molar-refractivity contribution is -0.145. The fourth-order valence-electron chi connectivity index (χ4n) is 4.31. The van der Waals surface area contributed by atoms with E-state index in [1.807, 2.05) is 0 Å². The smallest absolute Gasteiger partial charge is 0.326 e. The third-order valence-electron chi connectivity index (χ3n) is 6.43. The number of likely N-dealkylation sites (tertiary alicyclic amines) is 1. The highest BCUT2D eigenvalue weighted by molar-refractivity contribution is 5.94. The number of hydrogen-bond donors (Lipinski definition) is 8. The van der Waals surface area contributed by atoms with E-state index < -0.39 is 53.8 Å². The van der Waals surface area contributed by atoms with Crippen molar-refractivity contribution >= 4 is 35.6 Å². The number of carbonyl (C=O) groups excluding carboxylic acids is 4. The maximum atomic E-state index is 13.7. The Bertz CT molecular complexity index is 1090. The first kappa shape index (κ1) is 31.8. The number of phenols is 1. The third-order valence-corrected chi connectivity index (χ3v) is 6.43. The van der Waals surface area contributed by atoms with E-state index in [2.05, 4.69) is 15.6 Å². The molecule has 4 atom stereocenters. The summed E-state index contributed by atoms with van der Waals surface area (Å²) in [5.74, 6) is -3.91. The summed E-state index contributed by atoms with van der Waals surface area (Å²) < 4.78 is 0. The molecular weight excluding hydrogens is 524 g/mol. The number of carbonyl (C=O) groups is 5. The van der Waals surface area contributed by atoms with Crippen LogP contribution in [0.5, 0.6) is 5.75 Å². The third kappa shape index (κ3) is 10.1. The Labute approximate surface area is 231 Å². The molecule has 15 nitrogen and oxygen atoms in total. The number of guanidine groups is 1. The van der Waals surface area contributed by atoms with Crippen molar-refractivity contribution < 1.29 is 34.2 Å². The molecule has 0 aromatic heterocycles. The van der Waals surface area contributed by atoms with Gasteiger partial charge in [-0.1, -0.05) is 12.1 Å². The number of aliphatic imine (C=N–C) groups is 1. The van der Waals surface area contributed by atoms with Crippen LogP contribution in [-0.2, 0) is 30.4 Å². The zero-order valence-electron chi connectivity index (χ0n) is 22.1. The van der Waals surface area contributed by atoms with E-state index in [0.717, 1.165) is 0 Å². The Morgan fingerprint density at radius 3 is 2.30 bits per heavy atom. The summed E-state index contributed by atoms with van der Waals surface area (Å²) in [5, 5.41) is 24.1. The summed E-state index contributed by atoms with van der Waals surface area (Å²) in [4.78, 5) is 67.4. The Kier molecular flexibility index (Phi) is 12.1. The van der Waals surface area contributed by atoms with Crippen LogP contribution in [-0.4, -0.2) is 87.9 Å². The normalized spacial score (nSPS) is 16.8. The molecule has 2 rings (SSSR count). The first-order chi connectivity index (χ1) is 18.9. The van der Waals surface area contributed by atoms with Gasteiger partial charge in [-0.3, -0.25) is 24.2 Å². The van der Waals surface area contributed by atoms with Crippen LogP contribution in [0.1, 0.15) is 44.1 Å². The second-order valence-corrected chi connectivity index (χ2v) is 9.58. The molecule has 1 fully saturated rings. The minimum Gasteiger partial charge on any atom is -0.508 e. The summed E-state index contributed by atoms with van der Waals surface area (Å²) in [6.07, 6.45) is 1.05. The summed E-state index contributed by atoms with van der Waals surface area (Å²) in [7, 11) is 0. The highest BCUT2D eigenvalue weighted by Gasteiger charge is 2.39. The Morgan fingerprint density at radius 2 is 1.70 bits per heavy atom. The van der Waals surface area contributed by atoms with Crippen LogP contribution in [0.2, 0.25) is 0 Å². The SMILES string of the molecule is NC(=O)CCC(NC(=O)C1CCCN1C(=O)C(Cc1ccc(O)cc1)NC(=O)C(N)CCCN=C(N)N)C(=O)O. The van der Waals surface area contributed by atoms with Crippen molar-refractivity contribution in [1.82, 2.24) is 15.5 Å². The number of phenolic OH excluding ortho intramolecular Hbond substituents is 1. The first-order valence-electron chi connectivity index (χ1n) is 12.9. The van der Waals surface area contributed by atoms with Gasteiger partial charge in [-0.05, 0) is 49.8 Å². The zero-order chi connectivity index (χ0) is 29.8. The number of nitrogens with zero attached hydrogens (tertiary/aromatic N) is 2. The van der Waals surface area contributed by atoms with Gasteiger partial charge < -0.3 is 48.7 Å². The molecular formula is C25H38N8O7. The predicted molar refractivity (Wildman–Crippen MR) is 144 cm³/mol. The van der Waals surface area contributed by atoms with Crippen molar-refractivity contribution in [1.29, 1.82) is 0 Å². The van der Waals surface area contributed by atoms with Gasteiger partial charge in [0.1, 0.15) is 23.9 Å². The second kappa shape index (κ2) is 15.3. The summed E-state index contributed by atoms with van der Waals surface area (Å²) in [6, 6.07) is 1.69. The van der Waals surface area contributed by atoms with Gasteiger partial charge in [-0.15, -0.1) is 0 Å². The molecule has 12 N–H and O–H groups in total. The fraction of sp³-hybridized carbons (Fsp3) is 0.520. The number of aromatic hydroxyl groups is 1. The van der Waals surface area contributed by atoms with Gasteiger partial charge >= 0.3 is 5.97 Å². The van der Waals surface area contributed by atoms with E-state index in [0.29, 0.717) is 18.4 Å². The number of aliphatic carboxylic acids is 1. The topological polar surface area (TPSA) is 270 Å². The number of hydrogen-bond acceptors (Lipinski definition) is 8. The van der Waals surface area contributed by atoms with Gasteiger partial charge in [0.2, 0.25) is 23.6 Å². The highest BCUT2D eigenvalue weighted by Crippen LogP contribution is 2.21. The lowest BCUT2D eigenvalue weighted by Gasteiger charge is -2.30. The molecule has 0 spiro atoms. The lowest BCUT2D eigenvalue weighted by Crippen LogP contribution is -2.57. The zero-order valence-corrected chi connectivity index (χ0v) is 22.1. The molecule has 1 heterocycles. The molecule has 0 bridgehead atoms. The van der Waals surface area contributed by atoms with Gasteiger partial charge in [-0.25, -0.2) is 4.79 Å². The molecule has 4 unspecified atom stereocenters. The number of benzene rings is 1. The molecule has 1 aliphatic heterocycles. The monoisotopic (exact) mass is 562 g/mol. The van der Waals surface area contributed by atoms with E-state index >= 15 is 0 Å². The number of nitrogens with one attached hydrogen (secondary N) is 2. The molecule has 0 aliphatic carbocycles. The van der Waals surface area contributed by atoms with Crippen molar-refractivity contribution in [2.75, 3.05) is 13.1 Å². The molecule has 1 aromatic rings. The number of rotatable bonds is 15. The molecule has 0 saturated carbocycles. The van der Waals surface area contributed by atoms with Gasteiger partial charge in [-0.2, -0.15) is 0 Å². The van der Waals surface area contributed by atoms with Gasteiger partial charge in [0, 0.05) is 25.9 Å². The van der Waals surface area contributed by atoms with E-state index in [-0.39, 0.29) is 56.9 Å². The Hall–Kier alpha value is -4.40. The maximum Gasteiger partial charge on any atom is 0.326 e. The minimum atomic E-state index is -1.36. The van der Waals surface area contributed by atoms with E-state index in [1.54, 1.807) is 12.1 Å².